The van der Waals surface area contributed by atoms with Crippen LogP contribution >= 0.6 is 0 Å². The van der Waals surface area contributed by atoms with E-state index in [1.807, 2.05) is 6.92 Å². The van der Waals surface area contributed by atoms with Crippen molar-refractivity contribution in [2.24, 2.45) is 5.73 Å². The Bertz CT molecular complexity index is 576. The van der Waals surface area contributed by atoms with Gasteiger partial charge in [0.15, 0.2) is 0 Å². The van der Waals surface area contributed by atoms with E-state index in [2.05, 4.69) is 0 Å². The van der Waals surface area contributed by atoms with Crippen molar-refractivity contribution in [2.75, 3.05) is 0 Å². The molecule has 18 heavy (non-hydrogen) atoms. The summed E-state index contributed by atoms with van der Waals surface area (Å²) >= 11 is 0. The molecule has 0 fully saturated rings. The molecular weight excluding hydrogens is 232 g/mol. The Balaban J connectivity index is 2.57. The summed E-state index contributed by atoms with van der Waals surface area (Å²) in [7, 11) is 0. The first-order chi connectivity index (χ1) is 8.41. The minimum atomic E-state index is -1.06. The van der Waals surface area contributed by atoms with Gasteiger partial charge in [0.2, 0.25) is 0 Å². The molecule has 0 spiro atoms. The van der Waals surface area contributed by atoms with Crippen LogP contribution in [0.3, 0.4) is 0 Å². The summed E-state index contributed by atoms with van der Waals surface area (Å²) in [4.78, 5) is 0. The minimum Gasteiger partial charge on any atom is -0.318 e. The van der Waals surface area contributed by atoms with Crippen molar-refractivity contribution in [1.29, 1.82) is 0 Å². The first-order valence-electron chi connectivity index (χ1n) is 5.73. The van der Waals surface area contributed by atoms with Crippen LogP contribution in [0.5, 0.6) is 0 Å². The van der Waals surface area contributed by atoms with E-state index in [1.54, 1.807) is 31.2 Å². The van der Waals surface area contributed by atoms with Crippen molar-refractivity contribution in [3.8, 4) is 0 Å². The zero-order valence-electron chi connectivity index (χ0n) is 10.4. The third-order valence-corrected chi connectivity index (χ3v) is 3.11. The van der Waals surface area contributed by atoms with Crippen LogP contribution in [0, 0.1) is 18.6 Å². The van der Waals surface area contributed by atoms with Gasteiger partial charge in [-0.15, -0.1) is 0 Å². The van der Waals surface area contributed by atoms with Crippen LogP contribution in [0.15, 0.2) is 42.5 Å². The van der Waals surface area contributed by atoms with Gasteiger partial charge in [0.1, 0.15) is 11.6 Å². The molecule has 94 valence electrons. The normalized spacial score (nSPS) is 14.3. The molecular formula is C15H15F2N. The summed E-state index contributed by atoms with van der Waals surface area (Å²) in [5, 5.41) is 0. The van der Waals surface area contributed by atoms with Crippen LogP contribution in [0.1, 0.15) is 23.6 Å². The highest BCUT2D eigenvalue weighted by Gasteiger charge is 2.27. The molecule has 1 atom stereocenters. The van der Waals surface area contributed by atoms with Gasteiger partial charge in [-0.3, -0.25) is 0 Å². The fourth-order valence-electron chi connectivity index (χ4n) is 2.00. The van der Waals surface area contributed by atoms with E-state index >= 15 is 0 Å². The minimum absolute atomic E-state index is 0.369. The average Bonchev–Trinajstić information content (AvgIpc) is 2.32. The molecule has 2 rings (SSSR count). The maximum Gasteiger partial charge on any atom is 0.128 e. The average molecular weight is 247 g/mol. The Labute approximate surface area is 105 Å². The summed E-state index contributed by atoms with van der Waals surface area (Å²) in [6, 6.07) is 10.7. The van der Waals surface area contributed by atoms with Gasteiger partial charge in [-0.25, -0.2) is 8.78 Å². The Morgan fingerprint density at radius 1 is 1.06 bits per heavy atom. The van der Waals surface area contributed by atoms with E-state index in [-0.39, 0.29) is 11.6 Å². The third-order valence-electron chi connectivity index (χ3n) is 3.11. The Kier molecular flexibility index (Phi) is 3.18. The molecule has 2 aromatic carbocycles. The van der Waals surface area contributed by atoms with Crippen LogP contribution in [0.25, 0.3) is 0 Å². The number of halogens is 2. The van der Waals surface area contributed by atoms with Crippen molar-refractivity contribution < 1.29 is 8.78 Å². The van der Waals surface area contributed by atoms with Crippen molar-refractivity contribution in [3.63, 3.8) is 0 Å². The van der Waals surface area contributed by atoms with Crippen LogP contribution in [-0.2, 0) is 5.54 Å². The quantitative estimate of drug-likeness (QED) is 0.863. The van der Waals surface area contributed by atoms with Crippen molar-refractivity contribution in [2.45, 2.75) is 19.4 Å². The summed E-state index contributed by atoms with van der Waals surface area (Å²) in [5.41, 5.74) is 6.97. The van der Waals surface area contributed by atoms with E-state index < -0.39 is 5.54 Å². The molecule has 2 N–H and O–H groups in total. The SMILES string of the molecule is Cc1ccc(F)c(C(C)(N)c2cccc(F)c2)c1. The van der Waals surface area contributed by atoms with Gasteiger partial charge in [-0.2, -0.15) is 0 Å². The molecule has 0 heterocycles. The summed E-state index contributed by atoms with van der Waals surface area (Å²) < 4.78 is 27.1. The first-order valence-corrected chi connectivity index (χ1v) is 5.73. The van der Waals surface area contributed by atoms with Crippen LogP contribution in [0.2, 0.25) is 0 Å². The molecule has 0 aliphatic heterocycles. The Morgan fingerprint density at radius 2 is 1.78 bits per heavy atom. The Morgan fingerprint density at radius 3 is 2.44 bits per heavy atom. The van der Waals surface area contributed by atoms with Gasteiger partial charge in [-0.05, 0) is 37.6 Å². The molecule has 2 aromatic rings. The van der Waals surface area contributed by atoms with Crippen LogP contribution < -0.4 is 5.73 Å². The molecule has 0 aliphatic carbocycles. The second-order valence-corrected chi connectivity index (χ2v) is 4.70. The van der Waals surface area contributed by atoms with E-state index in [0.717, 1.165) is 5.56 Å². The van der Waals surface area contributed by atoms with E-state index in [1.165, 1.54) is 18.2 Å². The predicted octanol–water partition coefficient (Wildman–Crippen LogP) is 3.50. The van der Waals surface area contributed by atoms with Crippen LogP contribution in [0.4, 0.5) is 8.78 Å². The van der Waals surface area contributed by atoms with Crippen molar-refractivity contribution in [1.82, 2.24) is 0 Å². The maximum absolute atomic E-state index is 13.9. The molecule has 0 aromatic heterocycles. The fraction of sp³-hybridized carbons (Fsp3) is 0.200. The number of benzene rings is 2. The molecule has 0 radical (unpaired) electrons. The fourth-order valence-corrected chi connectivity index (χ4v) is 2.00. The van der Waals surface area contributed by atoms with Gasteiger partial charge in [0.25, 0.3) is 0 Å². The smallest absolute Gasteiger partial charge is 0.128 e. The first kappa shape index (κ1) is 12.7. The van der Waals surface area contributed by atoms with E-state index in [0.29, 0.717) is 11.1 Å². The highest BCUT2D eigenvalue weighted by atomic mass is 19.1. The highest BCUT2D eigenvalue weighted by Crippen LogP contribution is 2.29. The second-order valence-electron chi connectivity index (χ2n) is 4.70. The van der Waals surface area contributed by atoms with Gasteiger partial charge in [0, 0.05) is 5.56 Å². The number of aryl methyl sites for hydroxylation is 1. The third kappa shape index (κ3) is 2.27. The maximum atomic E-state index is 13.9. The molecule has 1 unspecified atom stereocenters. The Hall–Kier alpha value is -1.74. The van der Waals surface area contributed by atoms with E-state index in [9.17, 15) is 8.78 Å². The largest absolute Gasteiger partial charge is 0.318 e. The molecule has 0 amide bonds. The molecule has 0 saturated carbocycles. The number of hydrogen-bond donors (Lipinski definition) is 1. The monoisotopic (exact) mass is 247 g/mol. The highest BCUT2D eigenvalue weighted by molar-refractivity contribution is 5.39. The number of nitrogens with two attached hydrogens (primary N) is 1. The molecule has 1 nitrogen and oxygen atoms in total. The molecule has 0 saturated heterocycles. The summed E-state index contributed by atoms with van der Waals surface area (Å²) in [5.74, 6) is -0.757. The van der Waals surface area contributed by atoms with Gasteiger partial charge < -0.3 is 5.73 Å². The molecule has 3 heteroatoms. The predicted molar refractivity (Wildman–Crippen MR) is 68.2 cm³/mol. The molecule has 0 bridgehead atoms. The van der Waals surface area contributed by atoms with Crippen molar-refractivity contribution >= 4 is 0 Å². The zero-order chi connectivity index (χ0) is 13.3. The number of rotatable bonds is 2. The standard InChI is InChI=1S/C15H15F2N/c1-10-6-7-14(17)13(8-10)15(2,18)11-4-3-5-12(16)9-11/h3-9H,18H2,1-2H3. The summed E-state index contributed by atoms with van der Waals surface area (Å²) in [6.07, 6.45) is 0. The van der Waals surface area contributed by atoms with Gasteiger partial charge in [-0.1, -0.05) is 29.8 Å². The lowest BCUT2D eigenvalue weighted by Crippen LogP contribution is -2.35. The van der Waals surface area contributed by atoms with Gasteiger partial charge >= 0.3 is 0 Å². The lowest BCUT2D eigenvalue weighted by atomic mass is 9.84. The topological polar surface area (TPSA) is 26.0 Å². The lowest BCUT2D eigenvalue weighted by molar-refractivity contribution is 0.525. The number of hydrogen-bond acceptors (Lipinski definition) is 1. The molecule has 0 aliphatic rings. The van der Waals surface area contributed by atoms with Gasteiger partial charge in [0.05, 0.1) is 5.54 Å². The lowest BCUT2D eigenvalue weighted by Gasteiger charge is -2.26. The van der Waals surface area contributed by atoms with E-state index in [4.69, 9.17) is 5.73 Å². The summed E-state index contributed by atoms with van der Waals surface area (Å²) in [6.45, 7) is 3.55. The van der Waals surface area contributed by atoms with Crippen LogP contribution in [-0.4, -0.2) is 0 Å². The van der Waals surface area contributed by atoms with Crippen molar-refractivity contribution in [3.05, 3.63) is 70.8 Å². The zero-order valence-corrected chi connectivity index (χ0v) is 10.4. The second kappa shape index (κ2) is 4.50.